The van der Waals surface area contributed by atoms with Gasteiger partial charge in [-0.25, -0.2) is 0 Å². The maximum Gasteiger partial charge on any atom is 0.265 e. The fourth-order valence-corrected chi connectivity index (χ4v) is 3.17. The first-order valence-electron chi connectivity index (χ1n) is 5.77. The largest absolute Gasteiger partial charge is 0.347 e. The van der Waals surface area contributed by atoms with Crippen LogP contribution >= 0.6 is 22.9 Å². The topological polar surface area (TPSA) is 54.9 Å². The van der Waals surface area contributed by atoms with Gasteiger partial charge in [0, 0.05) is 11.2 Å². The minimum atomic E-state index is -0.113. The molecule has 0 unspecified atom stereocenters. The van der Waals surface area contributed by atoms with Crippen molar-refractivity contribution in [1.82, 2.24) is 14.9 Å². The van der Waals surface area contributed by atoms with E-state index in [1.807, 2.05) is 6.07 Å². The SMILES string of the molecule is Cc1nnsc1C(=O)NCc1ccc2sccc2c1. The molecule has 0 fully saturated rings. The third-order valence-electron chi connectivity index (χ3n) is 2.83. The predicted octanol–water partition coefficient (Wildman–Crippen LogP) is 2.99. The second-order valence-electron chi connectivity index (χ2n) is 4.16. The molecule has 1 aromatic carbocycles. The van der Waals surface area contributed by atoms with Gasteiger partial charge in [-0.1, -0.05) is 10.6 Å². The number of thiophene rings is 1. The molecule has 0 atom stereocenters. The molecule has 0 spiro atoms. The Bertz CT molecular complexity index is 732. The fourth-order valence-electron chi connectivity index (χ4n) is 1.83. The molecule has 0 bridgehead atoms. The lowest BCUT2D eigenvalue weighted by Gasteiger charge is -2.04. The van der Waals surface area contributed by atoms with Gasteiger partial charge < -0.3 is 5.32 Å². The lowest BCUT2D eigenvalue weighted by molar-refractivity contribution is 0.0954. The molecule has 4 nitrogen and oxygen atoms in total. The van der Waals surface area contributed by atoms with Crippen molar-refractivity contribution in [1.29, 1.82) is 0 Å². The third kappa shape index (κ3) is 2.50. The Kier molecular flexibility index (Phi) is 3.27. The quantitative estimate of drug-likeness (QED) is 0.806. The zero-order chi connectivity index (χ0) is 13.2. The lowest BCUT2D eigenvalue weighted by atomic mass is 10.1. The van der Waals surface area contributed by atoms with E-state index in [1.165, 1.54) is 10.1 Å². The fraction of sp³-hybridized carbons (Fsp3) is 0.154. The summed E-state index contributed by atoms with van der Waals surface area (Å²) in [5.74, 6) is -0.113. The van der Waals surface area contributed by atoms with Crippen molar-refractivity contribution in [3.8, 4) is 0 Å². The van der Waals surface area contributed by atoms with Crippen LogP contribution in [-0.4, -0.2) is 15.5 Å². The van der Waals surface area contributed by atoms with E-state index < -0.39 is 0 Å². The average molecular weight is 289 g/mol. The summed E-state index contributed by atoms with van der Waals surface area (Å²) in [5, 5.41) is 10.0. The van der Waals surface area contributed by atoms with Crippen LogP contribution in [0.25, 0.3) is 10.1 Å². The number of hydrogen-bond donors (Lipinski definition) is 1. The van der Waals surface area contributed by atoms with Crippen LogP contribution in [0.15, 0.2) is 29.6 Å². The van der Waals surface area contributed by atoms with Crippen LogP contribution in [0.1, 0.15) is 20.9 Å². The van der Waals surface area contributed by atoms with Gasteiger partial charge in [-0.2, -0.15) is 0 Å². The maximum atomic E-state index is 11.9. The smallest absolute Gasteiger partial charge is 0.265 e. The highest BCUT2D eigenvalue weighted by atomic mass is 32.1. The minimum absolute atomic E-state index is 0.113. The second-order valence-corrected chi connectivity index (χ2v) is 5.86. The number of aromatic nitrogens is 2. The highest BCUT2D eigenvalue weighted by Crippen LogP contribution is 2.21. The summed E-state index contributed by atoms with van der Waals surface area (Å²) in [6.07, 6.45) is 0. The molecule has 2 aromatic heterocycles. The van der Waals surface area contributed by atoms with Crippen LogP contribution in [0.3, 0.4) is 0 Å². The Balaban J connectivity index is 1.72. The number of benzene rings is 1. The monoisotopic (exact) mass is 289 g/mol. The van der Waals surface area contributed by atoms with Gasteiger partial charge in [-0.15, -0.1) is 16.4 Å². The van der Waals surface area contributed by atoms with E-state index in [1.54, 1.807) is 18.3 Å². The highest BCUT2D eigenvalue weighted by molar-refractivity contribution is 7.17. The van der Waals surface area contributed by atoms with Gasteiger partial charge in [0.25, 0.3) is 5.91 Å². The molecule has 6 heteroatoms. The van der Waals surface area contributed by atoms with Gasteiger partial charge in [0.15, 0.2) is 0 Å². The Morgan fingerprint density at radius 2 is 2.26 bits per heavy atom. The van der Waals surface area contributed by atoms with Crippen LogP contribution in [-0.2, 0) is 6.54 Å². The number of amides is 1. The first-order valence-corrected chi connectivity index (χ1v) is 7.42. The number of hydrogen-bond acceptors (Lipinski definition) is 5. The molecule has 96 valence electrons. The molecule has 3 aromatic rings. The average Bonchev–Trinajstić information content (AvgIpc) is 3.03. The highest BCUT2D eigenvalue weighted by Gasteiger charge is 2.12. The molecule has 1 N–H and O–H groups in total. The summed E-state index contributed by atoms with van der Waals surface area (Å²) >= 11 is 2.84. The lowest BCUT2D eigenvalue weighted by Crippen LogP contribution is -2.22. The molecule has 0 radical (unpaired) electrons. The number of nitrogens with zero attached hydrogens (tertiary/aromatic N) is 2. The molecule has 0 saturated carbocycles. The van der Waals surface area contributed by atoms with Gasteiger partial charge in [-0.3, -0.25) is 4.79 Å². The van der Waals surface area contributed by atoms with Crippen molar-refractivity contribution in [2.75, 3.05) is 0 Å². The van der Waals surface area contributed by atoms with E-state index in [2.05, 4.69) is 38.5 Å². The van der Waals surface area contributed by atoms with Crippen LogP contribution in [0.2, 0.25) is 0 Å². The zero-order valence-electron chi connectivity index (χ0n) is 10.2. The van der Waals surface area contributed by atoms with Gasteiger partial charge in [0.05, 0.1) is 5.69 Å². The van der Waals surface area contributed by atoms with Crippen LogP contribution in [0, 0.1) is 6.92 Å². The van der Waals surface area contributed by atoms with Crippen molar-refractivity contribution in [3.05, 3.63) is 45.8 Å². The van der Waals surface area contributed by atoms with Crippen LogP contribution in [0.4, 0.5) is 0 Å². The first kappa shape index (κ1) is 12.3. The number of aryl methyl sites for hydroxylation is 1. The van der Waals surface area contributed by atoms with Crippen molar-refractivity contribution in [2.45, 2.75) is 13.5 Å². The van der Waals surface area contributed by atoms with Crippen LogP contribution < -0.4 is 5.32 Å². The molecular weight excluding hydrogens is 278 g/mol. The van der Waals surface area contributed by atoms with E-state index in [0.29, 0.717) is 17.1 Å². The Morgan fingerprint density at radius 3 is 3.05 bits per heavy atom. The summed E-state index contributed by atoms with van der Waals surface area (Å²) < 4.78 is 5.03. The Labute approximate surface area is 118 Å². The Hall–Kier alpha value is -1.79. The number of carbonyl (C=O) groups is 1. The maximum absolute atomic E-state index is 11.9. The second kappa shape index (κ2) is 5.07. The molecule has 0 aliphatic carbocycles. The molecular formula is C13H11N3OS2. The molecule has 1 amide bonds. The summed E-state index contributed by atoms with van der Waals surface area (Å²) in [6.45, 7) is 2.30. The molecule has 19 heavy (non-hydrogen) atoms. The van der Waals surface area contributed by atoms with Gasteiger partial charge in [-0.05, 0) is 53.0 Å². The van der Waals surface area contributed by atoms with E-state index in [9.17, 15) is 4.79 Å². The number of carbonyl (C=O) groups excluding carboxylic acids is 1. The molecule has 0 saturated heterocycles. The number of rotatable bonds is 3. The summed E-state index contributed by atoms with van der Waals surface area (Å²) in [5.41, 5.74) is 1.77. The molecule has 3 rings (SSSR count). The zero-order valence-corrected chi connectivity index (χ0v) is 11.8. The van der Waals surface area contributed by atoms with Gasteiger partial charge in [0.2, 0.25) is 0 Å². The third-order valence-corrected chi connectivity index (χ3v) is 4.55. The first-order chi connectivity index (χ1) is 9.24. The minimum Gasteiger partial charge on any atom is -0.347 e. The van der Waals surface area contributed by atoms with Crippen molar-refractivity contribution < 1.29 is 4.79 Å². The van der Waals surface area contributed by atoms with Crippen LogP contribution in [0.5, 0.6) is 0 Å². The number of nitrogens with one attached hydrogen (secondary N) is 1. The summed E-state index contributed by atoms with van der Waals surface area (Å²) in [6, 6.07) is 8.31. The van der Waals surface area contributed by atoms with Crippen molar-refractivity contribution in [2.24, 2.45) is 0 Å². The normalized spacial score (nSPS) is 10.8. The Morgan fingerprint density at radius 1 is 1.37 bits per heavy atom. The molecule has 0 aliphatic heterocycles. The standard InChI is InChI=1S/C13H11N3OS2/c1-8-12(19-16-15-8)13(17)14-7-9-2-3-11-10(6-9)4-5-18-11/h2-6H,7H2,1H3,(H,14,17). The number of fused-ring (bicyclic) bond motifs is 1. The summed E-state index contributed by atoms with van der Waals surface area (Å²) in [7, 11) is 0. The molecule has 2 heterocycles. The van der Waals surface area contributed by atoms with Crippen molar-refractivity contribution in [3.63, 3.8) is 0 Å². The van der Waals surface area contributed by atoms with Gasteiger partial charge in [0.1, 0.15) is 4.88 Å². The van der Waals surface area contributed by atoms with E-state index in [0.717, 1.165) is 17.1 Å². The summed E-state index contributed by atoms with van der Waals surface area (Å²) in [4.78, 5) is 12.5. The van der Waals surface area contributed by atoms with E-state index >= 15 is 0 Å². The van der Waals surface area contributed by atoms with Gasteiger partial charge >= 0.3 is 0 Å². The van der Waals surface area contributed by atoms with E-state index in [-0.39, 0.29) is 5.91 Å². The van der Waals surface area contributed by atoms with Crippen molar-refractivity contribution >= 4 is 38.9 Å². The predicted molar refractivity (Wildman–Crippen MR) is 77.6 cm³/mol. The van der Waals surface area contributed by atoms with E-state index in [4.69, 9.17) is 0 Å². The molecule has 0 aliphatic rings.